The number of carbonyl (C=O) groups excluding carboxylic acids is 2. The van der Waals surface area contributed by atoms with E-state index < -0.39 is 9.74 Å². The summed E-state index contributed by atoms with van der Waals surface area (Å²) in [6.07, 6.45) is 3.39. The van der Waals surface area contributed by atoms with Crippen LogP contribution in [0.3, 0.4) is 0 Å². The third kappa shape index (κ3) is 1.61. The predicted octanol–water partition coefficient (Wildman–Crippen LogP) is 3.93. The molecular formula is C22H17BrO2. The fourth-order valence-corrected chi connectivity index (χ4v) is 6.32. The van der Waals surface area contributed by atoms with E-state index in [0.29, 0.717) is 5.57 Å². The third-order valence-corrected chi connectivity index (χ3v) is 7.70. The Morgan fingerprint density at radius 1 is 0.920 bits per heavy atom. The molecule has 0 unspecified atom stereocenters. The maximum absolute atomic E-state index is 13.1. The molecule has 3 aliphatic carbocycles. The lowest BCUT2D eigenvalue weighted by molar-refractivity contribution is -0.121. The number of fused-ring (bicyclic) bond motifs is 7. The molecule has 1 fully saturated rings. The van der Waals surface area contributed by atoms with Crippen molar-refractivity contribution in [3.8, 4) is 0 Å². The van der Waals surface area contributed by atoms with E-state index in [0.717, 1.165) is 24.0 Å². The molecule has 2 atom stereocenters. The number of alkyl halides is 1. The van der Waals surface area contributed by atoms with Crippen molar-refractivity contribution in [2.24, 2.45) is 5.92 Å². The van der Waals surface area contributed by atoms with Crippen molar-refractivity contribution in [3.63, 3.8) is 0 Å². The molecule has 2 aromatic rings. The minimum absolute atomic E-state index is 0.0149. The Morgan fingerprint density at radius 2 is 1.44 bits per heavy atom. The molecule has 3 heteroatoms. The molecule has 1 saturated carbocycles. The molecule has 0 N–H and O–H groups in total. The van der Waals surface area contributed by atoms with Crippen LogP contribution in [0.15, 0.2) is 60.2 Å². The average Bonchev–Trinajstić information content (AvgIpc) is 3.25. The number of hydrogen-bond acceptors (Lipinski definition) is 2. The van der Waals surface area contributed by atoms with Crippen LogP contribution in [0.2, 0.25) is 0 Å². The van der Waals surface area contributed by atoms with Gasteiger partial charge in [0, 0.05) is 0 Å². The molecule has 5 rings (SSSR count). The smallest absolute Gasteiger partial charge is 0.174 e. The number of halogens is 1. The van der Waals surface area contributed by atoms with Gasteiger partial charge in [0.1, 0.15) is 4.32 Å². The summed E-state index contributed by atoms with van der Waals surface area (Å²) in [5, 5.41) is 0. The SMILES string of the molecule is CC1=CC(=O)[C@]2(Br)[C@H](C1=O)C21c2ccccc2CCc2ccccc21. The monoisotopic (exact) mass is 392 g/mol. The highest BCUT2D eigenvalue weighted by Crippen LogP contribution is 2.75. The molecule has 0 bridgehead atoms. The summed E-state index contributed by atoms with van der Waals surface area (Å²) in [5.74, 6) is -0.262. The highest BCUT2D eigenvalue weighted by Gasteiger charge is 2.84. The standard InChI is InChI=1S/C22H17BrO2/c1-13-12-18(24)22(23)20(19(13)25)21(22)16-8-4-2-6-14(16)10-11-15-7-3-5-9-17(15)21/h2-9,12,20H,10-11H2,1H3/t20-,22+/m1/s1. The van der Waals surface area contributed by atoms with E-state index in [4.69, 9.17) is 0 Å². The van der Waals surface area contributed by atoms with Gasteiger partial charge >= 0.3 is 0 Å². The van der Waals surface area contributed by atoms with E-state index >= 15 is 0 Å². The highest BCUT2D eigenvalue weighted by atomic mass is 79.9. The second-order valence-electron chi connectivity index (χ2n) is 7.32. The molecule has 25 heavy (non-hydrogen) atoms. The van der Waals surface area contributed by atoms with Crippen molar-refractivity contribution in [1.29, 1.82) is 0 Å². The Kier molecular flexibility index (Phi) is 2.93. The van der Waals surface area contributed by atoms with Gasteiger partial charge in [-0.15, -0.1) is 0 Å². The fourth-order valence-electron chi connectivity index (χ4n) is 5.12. The van der Waals surface area contributed by atoms with E-state index in [1.54, 1.807) is 6.92 Å². The van der Waals surface area contributed by atoms with Crippen molar-refractivity contribution in [2.75, 3.05) is 0 Å². The summed E-state index contributed by atoms with van der Waals surface area (Å²) in [6, 6.07) is 16.6. The summed E-state index contributed by atoms with van der Waals surface area (Å²) in [6.45, 7) is 1.76. The van der Waals surface area contributed by atoms with Gasteiger partial charge in [0.2, 0.25) is 0 Å². The quantitative estimate of drug-likeness (QED) is 0.636. The third-order valence-electron chi connectivity index (χ3n) is 6.23. The summed E-state index contributed by atoms with van der Waals surface area (Å²) in [4.78, 5) is 26.1. The number of rotatable bonds is 0. The summed E-state index contributed by atoms with van der Waals surface area (Å²) >= 11 is 3.78. The van der Waals surface area contributed by atoms with Gasteiger partial charge in [0.05, 0.1) is 11.3 Å². The topological polar surface area (TPSA) is 34.1 Å². The van der Waals surface area contributed by atoms with Crippen LogP contribution in [-0.2, 0) is 27.8 Å². The Hall–Kier alpha value is -2.00. The van der Waals surface area contributed by atoms with Crippen molar-refractivity contribution in [1.82, 2.24) is 0 Å². The lowest BCUT2D eigenvalue weighted by Gasteiger charge is -2.23. The van der Waals surface area contributed by atoms with Crippen molar-refractivity contribution >= 4 is 27.5 Å². The van der Waals surface area contributed by atoms with Crippen LogP contribution in [0.5, 0.6) is 0 Å². The maximum atomic E-state index is 13.1. The second-order valence-corrected chi connectivity index (χ2v) is 8.57. The van der Waals surface area contributed by atoms with Gasteiger partial charge in [-0.25, -0.2) is 0 Å². The van der Waals surface area contributed by atoms with Gasteiger partial charge in [-0.3, -0.25) is 9.59 Å². The van der Waals surface area contributed by atoms with E-state index in [1.807, 2.05) is 24.3 Å². The van der Waals surface area contributed by atoms with Gasteiger partial charge in [-0.2, -0.15) is 0 Å². The zero-order chi connectivity index (χ0) is 17.4. The first kappa shape index (κ1) is 15.3. The number of ketones is 2. The molecule has 2 aromatic carbocycles. The van der Waals surface area contributed by atoms with Gasteiger partial charge in [-0.1, -0.05) is 64.5 Å². The van der Waals surface area contributed by atoms with Crippen LogP contribution >= 0.6 is 15.9 Å². The van der Waals surface area contributed by atoms with E-state index in [2.05, 4.69) is 40.2 Å². The number of carbonyl (C=O) groups is 2. The molecule has 0 aromatic heterocycles. The number of Topliss-reactive ketones (excluding diaryl/α,β-unsaturated/α-hetero) is 1. The molecule has 0 radical (unpaired) electrons. The Labute approximate surface area is 155 Å². The second kappa shape index (κ2) is 4.79. The molecule has 2 nitrogen and oxygen atoms in total. The first-order valence-corrected chi connectivity index (χ1v) is 9.45. The molecule has 124 valence electrons. The Balaban J connectivity index is 1.89. The molecule has 0 heterocycles. The van der Waals surface area contributed by atoms with Crippen LogP contribution < -0.4 is 0 Å². The molecule has 0 saturated heterocycles. The molecular weight excluding hydrogens is 376 g/mol. The predicted molar refractivity (Wildman–Crippen MR) is 100.0 cm³/mol. The minimum atomic E-state index is -0.854. The summed E-state index contributed by atoms with van der Waals surface area (Å²) < 4.78 is -0.854. The van der Waals surface area contributed by atoms with E-state index in [1.165, 1.54) is 17.2 Å². The Morgan fingerprint density at radius 3 is 2.00 bits per heavy atom. The lowest BCUT2D eigenvalue weighted by atomic mass is 9.81. The number of allylic oxidation sites excluding steroid dienone is 2. The number of hydrogen-bond donors (Lipinski definition) is 0. The maximum Gasteiger partial charge on any atom is 0.174 e. The van der Waals surface area contributed by atoms with Crippen molar-refractivity contribution < 1.29 is 9.59 Å². The number of aryl methyl sites for hydroxylation is 2. The average molecular weight is 393 g/mol. The van der Waals surface area contributed by atoms with Crippen LogP contribution in [-0.4, -0.2) is 15.9 Å². The fraction of sp³-hybridized carbons (Fsp3) is 0.273. The summed E-state index contributed by atoms with van der Waals surface area (Å²) in [5.41, 5.74) is 4.72. The van der Waals surface area contributed by atoms with E-state index in [9.17, 15) is 9.59 Å². The normalized spacial score (nSPS) is 28.6. The minimum Gasteiger partial charge on any atom is -0.294 e. The van der Waals surface area contributed by atoms with Gasteiger partial charge in [0.25, 0.3) is 0 Å². The van der Waals surface area contributed by atoms with Gasteiger partial charge in [-0.05, 0) is 53.7 Å². The van der Waals surface area contributed by atoms with Crippen LogP contribution in [0.4, 0.5) is 0 Å². The van der Waals surface area contributed by atoms with Gasteiger partial charge in [0.15, 0.2) is 11.6 Å². The van der Waals surface area contributed by atoms with Crippen molar-refractivity contribution in [2.45, 2.75) is 29.5 Å². The lowest BCUT2D eigenvalue weighted by Crippen LogP contribution is -2.29. The molecule has 0 amide bonds. The van der Waals surface area contributed by atoms with Gasteiger partial charge < -0.3 is 0 Å². The van der Waals surface area contributed by atoms with Crippen LogP contribution in [0.25, 0.3) is 0 Å². The highest BCUT2D eigenvalue weighted by molar-refractivity contribution is 9.10. The van der Waals surface area contributed by atoms with E-state index in [-0.39, 0.29) is 17.5 Å². The first-order chi connectivity index (χ1) is 12.0. The van der Waals surface area contributed by atoms with Crippen molar-refractivity contribution in [3.05, 3.63) is 82.4 Å². The first-order valence-electron chi connectivity index (χ1n) is 8.65. The van der Waals surface area contributed by atoms with Crippen LogP contribution in [0.1, 0.15) is 29.2 Å². The largest absolute Gasteiger partial charge is 0.294 e. The zero-order valence-electron chi connectivity index (χ0n) is 13.9. The number of benzene rings is 2. The Bertz CT molecular complexity index is 940. The molecule has 3 aliphatic rings. The van der Waals surface area contributed by atoms with Crippen LogP contribution in [0, 0.1) is 5.92 Å². The molecule has 1 spiro atoms. The zero-order valence-corrected chi connectivity index (χ0v) is 15.5. The molecule has 0 aliphatic heterocycles. The summed E-state index contributed by atoms with van der Waals surface area (Å²) in [7, 11) is 0.